The van der Waals surface area contributed by atoms with Crippen LogP contribution in [-0.2, 0) is 4.79 Å². The molecular weight excluding hydrogens is 374 g/mol. The smallest absolute Gasteiger partial charge is 0.270 e. The van der Waals surface area contributed by atoms with Gasteiger partial charge in [0.15, 0.2) is 0 Å². The predicted molar refractivity (Wildman–Crippen MR) is 104 cm³/mol. The number of carbonyl (C=O) groups excluding carboxylic acids is 3. The minimum absolute atomic E-state index is 0.0399. The van der Waals surface area contributed by atoms with Gasteiger partial charge in [-0.05, 0) is 23.6 Å². The van der Waals surface area contributed by atoms with Crippen molar-refractivity contribution in [2.24, 2.45) is 0 Å². The van der Waals surface area contributed by atoms with Crippen LogP contribution in [0.3, 0.4) is 0 Å². The molecule has 0 N–H and O–H groups in total. The number of hydrogen-bond donors (Lipinski definition) is 0. The third-order valence-corrected chi connectivity index (χ3v) is 5.16. The Hall–Kier alpha value is -3.81. The molecule has 29 heavy (non-hydrogen) atoms. The van der Waals surface area contributed by atoms with Crippen molar-refractivity contribution in [3.8, 4) is 0 Å². The number of hydrogen-bond acceptors (Lipinski definition) is 5. The molecule has 8 heteroatoms. The summed E-state index contributed by atoms with van der Waals surface area (Å²) >= 11 is 0. The Bertz CT molecular complexity index is 1060. The summed E-state index contributed by atoms with van der Waals surface area (Å²) in [7, 11) is 0. The molecule has 0 bridgehead atoms. The Kier molecular flexibility index (Phi) is 4.67. The molecular formula is C21H17N3O5. The van der Waals surface area contributed by atoms with Crippen LogP contribution < -0.4 is 0 Å². The summed E-state index contributed by atoms with van der Waals surface area (Å²) in [5, 5.41) is 10.9. The molecule has 4 rings (SSSR count). The fourth-order valence-electron chi connectivity index (χ4n) is 3.58. The van der Waals surface area contributed by atoms with Gasteiger partial charge in [0.1, 0.15) is 6.54 Å². The van der Waals surface area contributed by atoms with Crippen LogP contribution in [0.4, 0.5) is 5.69 Å². The molecule has 0 saturated heterocycles. The lowest BCUT2D eigenvalue weighted by atomic mass is 9.99. The lowest BCUT2D eigenvalue weighted by Gasteiger charge is -2.28. The number of nitrogens with zero attached hydrogens (tertiary/aromatic N) is 3. The molecule has 0 aliphatic carbocycles. The first-order chi connectivity index (χ1) is 14.0. The van der Waals surface area contributed by atoms with Crippen LogP contribution in [0.25, 0.3) is 5.57 Å². The van der Waals surface area contributed by atoms with Gasteiger partial charge in [0.05, 0.1) is 16.1 Å². The van der Waals surface area contributed by atoms with E-state index in [9.17, 15) is 24.5 Å². The topological polar surface area (TPSA) is 101 Å². The summed E-state index contributed by atoms with van der Waals surface area (Å²) in [5.41, 5.74) is 2.04. The van der Waals surface area contributed by atoms with Crippen molar-refractivity contribution in [3.05, 3.63) is 81.4 Å². The van der Waals surface area contributed by atoms with Crippen molar-refractivity contribution < 1.29 is 19.3 Å². The number of carbonyl (C=O) groups is 3. The number of imide groups is 1. The number of rotatable bonds is 4. The summed E-state index contributed by atoms with van der Waals surface area (Å²) in [6.07, 6.45) is 2.66. The Morgan fingerprint density at radius 2 is 1.76 bits per heavy atom. The molecule has 8 nitrogen and oxygen atoms in total. The van der Waals surface area contributed by atoms with Gasteiger partial charge in [0, 0.05) is 25.2 Å². The third-order valence-electron chi connectivity index (χ3n) is 5.16. The number of non-ortho nitro benzene ring substituents is 1. The van der Waals surface area contributed by atoms with Crippen LogP contribution >= 0.6 is 0 Å². The van der Waals surface area contributed by atoms with Crippen LogP contribution in [0.15, 0.2) is 54.6 Å². The second-order valence-electron chi connectivity index (χ2n) is 6.87. The normalized spacial score (nSPS) is 15.9. The van der Waals surface area contributed by atoms with Gasteiger partial charge in [-0.2, -0.15) is 0 Å². The lowest BCUT2D eigenvalue weighted by Crippen LogP contribution is -2.44. The van der Waals surface area contributed by atoms with Crippen molar-refractivity contribution in [3.63, 3.8) is 0 Å². The molecule has 0 unspecified atom stereocenters. The lowest BCUT2D eigenvalue weighted by molar-refractivity contribution is -0.384. The van der Waals surface area contributed by atoms with Crippen LogP contribution in [-0.4, -0.2) is 52.1 Å². The molecule has 0 fully saturated rings. The van der Waals surface area contributed by atoms with Gasteiger partial charge in [0.25, 0.3) is 17.5 Å². The van der Waals surface area contributed by atoms with Crippen LogP contribution in [0.5, 0.6) is 0 Å². The summed E-state index contributed by atoms with van der Waals surface area (Å²) < 4.78 is 0. The largest absolute Gasteiger partial charge is 0.337 e. The van der Waals surface area contributed by atoms with E-state index in [0.717, 1.165) is 22.1 Å². The van der Waals surface area contributed by atoms with Crippen molar-refractivity contribution in [2.75, 3.05) is 19.6 Å². The Morgan fingerprint density at radius 3 is 2.41 bits per heavy atom. The van der Waals surface area contributed by atoms with Crippen molar-refractivity contribution in [1.29, 1.82) is 0 Å². The van der Waals surface area contributed by atoms with Gasteiger partial charge in [-0.3, -0.25) is 29.4 Å². The van der Waals surface area contributed by atoms with Gasteiger partial charge in [0.2, 0.25) is 5.91 Å². The van der Waals surface area contributed by atoms with E-state index in [2.05, 4.69) is 0 Å². The molecule has 0 spiro atoms. The minimum atomic E-state index is -0.681. The Labute approximate surface area is 166 Å². The van der Waals surface area contributed by atoms with E-state index in [1.165, 1.54) is 12.1 Å². The highest BCUT2D eigenvalue weighted by Gasteiger charge is 2.38. The molecule has 2 heterocycles. The number of nitro groups is 1. The molecule has 2 aliphatic rings. The maximum Gasteiger partial charge on any atom is 0.270 e. The molecule has 3 amide bonds. The molecule has 0 saturated carbocycles. The van der Waals surface area contributed by atoms with Crippen LogP contribution in [0, 0.1) is 10.1 Å². The Balaban J connectivity index is 1.45. The van der Waals surface area contributed by atoms with E-state index in [0.29, 0.717) is 19.5 Å². The highest BCUT2D eigenvalue weighted by atomic mass is 16.6. The number of nitro benzene ring substituents is 1. The van der Waals surface area contributed by atoms with Gasteiger partial charge in [-0.1, -0.05) is 36.4 Å². The number of benzene rings is 2. The zero-order valence-electron chi connectivity index (χ0n) is 15.4. The average molecular weight is 391 g/mol. The fraction of sp³-hybridized carbons (Fsp3) is 0.190. The third kappa shape index (κ3) is 3.40. The first-order valence-electron chi connectivity index (χ1n) is 9.12. The monoisotopic (exact) mass is 391 g/mol. The quantitative estimate of drug-likeness (QED) is 0.453. The number of amides is 3. The second kappa shape index (κ2) is 7.31. The maximum absolute atomic E-state index is 12.7. The molecule has 0 atom stereocenters. The minimum Gasteiger partial charge on any atom is -0.337 e. The first-order valence-corrected chi connectivity index (χ1v) is 9.12. The highest BCUT2D eigenvalue weighted by Crippen LogP contribution is 2.27. The van der Waals surface area contributed by atoms with E-state index in [1.807, 2.05) is 36.4 Å². The zero-order valence-corrected chi connectivity index (χ0v) is 15.4. The summed E-state index contributed by atoms with van der Waals surface area (Å²) in [5.74, 6) is -1.62. The number of fused-ring (bicyclic) bond motifs is 1. The van der Waals surface area contributed by atoms with Gasteiger partial charge in [-0.25, -0.2) is 0 Å². The second-order valence-corrected chi connectivity index (χ2v) is 6.87. The van der Waals surface area contributed by atoms with E-state index >= 15 is 0 Å². The van der Waals surface area contributed by atoms with E-state index in [1.54, 1.807) is 4.90 Å². The van der Waals surface area contributed by atoms with Crippen molar-refractivity contribution in [2.45, 2.75) is 6.42 Å². The molecule has 2 aliphatic heterocycles. The maximum atomic E-state index is 12.7. The molecule has 2 aromatic carbocycles. The average Bonchev–Trinajstić information content (AvgIpc) is 2.98. The fourth-order valence-corrected chi connectivity index (χ4v) is 3.58. The molecule has 0 aromatic heterocycles. The van der Waals surface area contributed by atoms with Gasteiger partial charge >= 0.3 is 0 Å². The van der Waals surface area contributed by atoms with Gasteiger partial charge < -0.3 is 4.90 Å². The molecule has 2 aromatic rings. The SMILES string of the molecule is O=C(CN1C(=O)c2ccc([N+](=O)[O-])cc2C1=O)N1CC=C(c2ccccc2)CC1. The van der Waals surface area contributed by atoms with Crippen molar-refractivity contribution >= 4 is 29.0 Å². The molecule has 146 valence electrons. The molecule has 0 radical (unpaired) electrons. The van der Waals surface area contributed by atoms with Crippen LogP contribution in [0.1, 0.15) is 32.7 Å². The zero-order chi connectivity index (χ0) is 20.5. The Morgan fingerprint density at radius 1 is 1.03 bits per heavy atom. The summed E-state index contributed by atoms with van der Waals surface area (Å²) in [6.45, 7) is 0.514. The van der Waals surface area contributed by atoms with E-state index < -0.39 is 16.7 Å². The predicted octanol–water partition coefficient (Wildman–Crippen LogP) is 2.51. The van der Waals surface area contributed by atoms with E-state index in [4.69, 9.17) is 0 Å². The van der Waals surface area contributed by atoms with E-state index in [-0.39, 0.29) is 29.3 Å². The van der Waals surface area contributed by atoms with Crippen molar-refractivity contribution in [1.82, 2.24) is 9.80 Å². The van der Waals surface area contributed by atoms with Crippen LogP contribution in [0.2, 0.25) is 0 Å². The summed E-state index contributed by atoms with van der Waals surface area (Å²) in [4.78, 5) is 50.4. The highest BCUT2D eigenvalue weighted by molar-refractivity contribution is 6.22. The standard InChI is InChI=1S/C21H17N3O5/c25-19(22-10-8-15(9-11-22)14-4-2-1-3-5-14)13-23-20(26)17-7-6-16(24(28)29)12-18(17)21(23)27/h1-8,12H,9-11,13H2. The van der Waals surface area contributed by atoms with Gasteiger partial charge in [-0.15, -0.1) is 0 Å². The first kappa shape index (κ1) is 18.5. The summed E-state index contributed by atoms with van der Waals surface area (Å²) in [6, 6.07) is 13.4.